The summed E-state index contributed by atoms with van der Waals surface area (Å²) in [6.45, 7) is 2.01. The van der Waals surface area contributed by atoms with Gasteiger partial charge < -0.3 is 9.47 Å². The molecule has 0 saturated carbocycles. The molecule has 0 aliphatic carbocycles. The molecule has 0 aliphatic heterocycles. The Balaban J connectivity index is 2.99. The first kappa shape index (κ1) is 11.8. The van der Waals surface area contributed by atoms with Gasteiger partial charge in [0.05, 0.1) is 14.2 Å². The lowest BCUT2D eigenvalue weighted by atomic mass is 10.1. The number of hydrogen-bond acceptors (Lipinski definition) is 4. The lowest BCUT2D eigenvalue weighted by molar-refractivity contribution is 0.380. The monoisotopic (exact) mass is 210 g/mol. The van der Waals surface area contributed by atoms with Gasteiger partial charge in [-0.05, 0) is 25.5 Å². The van der Waals surface area contributed by atoms with Crippen molar-refractivity contribution in [3.63, 3.8) is 0 Å². The first-order valence-electron chi connectivity index (χ1n) is 4.89. The summed E-state index contributed by atoms with van der Waals surface area (Å²) >= 11 is 0. The van der Waals surface area contributed by atoms with E-state index in [1.807, 2.05) is 25.1 Å². The number of hydrogen-bond donors (Lipinski definition) is 2. The number of methoxy groups -OCH3 is 2. The zero-order valence-corrected chi connectivity index (χ0v) is 9.41. The molecule has 1 atom stereocenters. The number of ether oxygens (including phenoxy) is 2. The quantitative estimate of drug-likeness (QED) is 0.564. The Kier molecular flexibility index (Phi) is 4.39. The predicted molar refractivity (Wildman–Crippen MR) is 60.0 cm³/mol. The number of nitrogens with two attached hydrogens (primary N) is 1. The summed E-state index contributed by atoms with van der Waals surface area (Å²) < 4.78 is 10.6. The highest BCUT2D eigenvalue weighted by atomic mass is 16.5. The van der Waals surface area contributed by atoms with Gasteiger partial charge in [-0.2, -0.15) is 0 Å². The molecule has 0 spiro atoms. The van der Waals surface area contributed by atoms with E-state index in [2.05, 4.69) is 5.43 Å². The average molecular weight is 210 g/mol. The second-order valence-corrected chi connectivity index (χ2v) is 3.41. The molecule has 0 fully saturated rings. The maximum atomic E-state index is 5.37. The largest absolute Gasteiger partial charge is 0.496 e. The summed E-state index contributed by atoms with van der Waals surface area (Å²) in [6, 6.07) is 5.92. The van der Waals surface area contributed by atoms with Crippen LogP contribution in [-0.4, -0.2) is 20.3 Å². The first-order valence-corrected chi connectivity index (χ1v) is 4.89. The van der Waals surface area contributed by atoms with E-state index < -0.39 is 0 Å². The van der Waals surface area contributed by atoms with Crippen molar-refractivity contribution >= 4 is 0 Å². The number of rotatable bonds is 5. The predicted octanol–water partition coefficient (Wildman–Crippen LogP) is 1.10. The molecule has 3 N–H and O–H groups in total. The smallest absolute Gasteiger partial charge is 0.125 e. The molecule has 1 aromatic carbocycles. The third-order valence-electron chi connectivity index (χ3n) is 2.32. The molecule has 0 heterocycles. The molecule has 0 radical (unpaired) electrons. The van der Waals surface area contributed by atoms with Crippen LogP contribution in [0.4, 0.5) is 0 Å². The molecule has 4 nitrogen and oxygen atoms in total. The molecule has 0 unspecified atom stereocenters. The standard InChI is InChI=1S/C11H18N2O2/c1-8(13-12)7-9-10(14-2)5-4-6-11(9)15-3/h4-6,8,13H,7,12H2,1-3H3/t8-/m1/s1. The number of benzene rings is 1. The molecular weight excluding hydrogens is 192 g/mol. The van der Waals surface area contributed by atoms with Crippen LogP contribution < -0.4 is 20.7 Å². The van der Waals surface area contributed by atoms with Gasteiger partial charge in [0.1, 0.15) is 11.5 Å². The molecule has 1 rings (SSSR count). The molecule has 1 aromatic rings. The molecule has 84 valence electrons. The molecule has 0 saturated heterocycles. The molecule has 0 amide bonds. The average Bonchev–Trinajstić information content (AvgIpc) is 2.29. The number of nitrogens with one attached hydrogen (secondary N) is 1. The maximum Gasteiger partial charge on any atom is 0.125 e. The van der Waals surface area contributed by atoms with Crippen LogP contribution in [0.2, 0.25) is 0 Å². The van der Waals surface area contributed by atoms with Crippen molar-refractivity contribution in [2.45, 2.75) is 19.4 Å². The van der Waals surface area contributed by atoms with Crippen molar-refractivity contribution in [3.05, 3.63) is 23.8 Å². The molecular formula is C11H18N2O2. The molecule has 0 aromatic heterocycles. The number of hydrazine groups is 1. The Morgan fingerprint density at radius 3 is 2.20 bits per heavy atom. The van der Waals surface area contributed by atoms with E-state index in [4.69, 9.17) is 15.3 Å². The topological polar surface area (TPSA) is 56.5 Å². The lowest BCUT2D eigenvalue weighted by Crippen LogP contribution is -2.34. The molecule has 4 heteroatoms. The minimum atomic E-state index is 0.176. The van der Waals surface area contributed by atoms with Gasteiger partial charge in [0.2, 0.25) is 0 Å². The summed E-state index contributed by atoms with van der Waals surface area (Å²) in [5, 5.41) is 0. The SMILES string of the molecule is COc1cccc(OC)c1C[C@@H](C)NN. The van der Waals surface area contributed by atoms with Crippen molar-refractivity contribution < 1.29 is 9.47 Å². The fourth-order valence-corrected chi connectivity index (χ4v) is 1.49. The van der Waals surface area contributed by atoms with Crippen LogP contribution >= 0.6 is 0 Å². The van der Waals surface area contributed by atoms with Gasteiger partial charge in [0, 0.05) is 11.6 Å². The van der Waals surface area contributed by atoms with Crippen LogP contribution in [0.15, 0.2) is 18.2 Å². The van der Waals surface area contributed by atoms with Crippen LogP contribution in [0.1, 0.15) is 12.5 Å². The van der Waals surface area contributed by atoms with E-state index in [1.54, 1.807) is 14.2 Å². The van der Waals surface area contributed by atoms with E-state index in [0.717, 1.165) is 23.5 Å². The summed E-state index contributed by atoms with van der Waals surface area (Å²) in [5.41, 5.74) is 3.74. The van der Waals surface area contributed by atoms with Gasteiger partial charge in [0.25, 0.3) is 0 Å². The summed E-state index contributed by atoms with van der Waals surface area (Å²) in [5.74, 6) is 7.03. The van der Waals surface area contributed by atoms with Crippen LogP contribution in [0.25, 0.3) is 0 Å². The lowest BCUT2D eigenvalue weighted by Gasteiger charge is -2.16. The van der Waals surface area contributed by atoms with Crippen molar-refractivity contribution in [2.24, 2.45) is 5.84 Å². The summed E-state index contributed by atoms with van der Waals surface area (Å²) in [6.07, 6.45) is 0.768. The highest BCUT2D eigenvalue weighted by Gasteiger charge is 2.12. The van der Waals surface area contributed by atoms with Gasteiger partial charge in [-0.15, -0.1) is 0 Å². The van der Waals surface area contributed by atoms with Gasteiger partial charge in [0.15, 0.2) is 0 Å². The van der Waals surface area contributed by atoms with E-state index in [1.165, 1.54) is 0 Å². The third kappa shape index (κ3) is 2.84. The van der Waals surface area contributed by atoms with E-state index in [9.17, 15) is 0 Å². The van der Waals surface area contributed by atoms with Gasteiger partial charge >= 0.3 is 0 Å². The second-order valence-electron chi connectivity index (χ2n) is 3.41. The van der Waals surface area contributed by atoms with E-state index >= 15 is 0 Å². The molecule has 15 heavy (non-hydrogen) atoms. The van der Waals surface area contributed by atoms with Crippen LogP contribution in [0, 0.1) is 0 Å². The highest BCUT2D eigenvalue weighted by molar-refractivity contribution is 5.45. The second kappa shape index (κ2) is 5.58. The zero-order valence-electron chi connectivity index (χ0n) is 9.41. The first-order chi connectivity index (χ1) is 7.22. The van der Waals surface area contributed by atoms with E-state index in [0.29, 0.717) is 0 Å². The van der Waals surface area contributed by atoms with Gasteiger partial charge in [-0.1, -0.05) is 6.07 Å². The van der Waals surface area contributed by atoms with Crippen LogP contribution in [-0.2, 0) is 6.42 Å². The highest BCUT2D eigenvalue weighted by Crippen LogP contribution is 2.29. The van der Waals surface area contributed by atoms with Crippen LogP contribution in [0.5, 0.6) is 11.5 Å². The minimum absolute atomic E-state index is 0.176. The third-order valence-corrected chi connectivity index (χ3v) is 2.32. The maximum absolute atomic E-state index is 5.37. The van der Waals surface area contributed by atoms with E-state index in [-0.39, 0.29) is 6.04 Å². The summed E-state index contributed by atoms with van der Waals surface area (Å²) in [4.78, 5) is 0. The van der Waals surface area contributed by atoms with Crippen LogP contribution in [0.3, 0.4) is 0 Å². The Hall–Kier alpha value is -1.26. The van der Waals surface area contributed by atoms with Crippen molar-refractivity contribution in [3.8, 4) is 11.5 Å². The van der Waals surface area contributed by atoms with Crippen molar-refractivity contribution in [2.75, 3.05) is 14.2 Å². The molecule has 0 aliphatic rings. The zero-order chi connectivity index (χ0) is 11.3. The fourth-order valence-electron chi connectivity index (χ4n) is 1.49. The Labute approximate surface area is 90.3 Å². The molecule has 0 bridgehead atoms. The minimum Gasteiger partial charge on any atom is -0.496 e. The fraction of sp³-hybridized carbons (Fsp3) is 0.455. The Morgan fingerprint density at radius 2 is 1.80 bits per heavy atom. The Bertz CT molecular complexity index is 293. The van der Waals surface area contributed by atoms with Crippen molar-refractivity contribution in [1.82, 2.24) is 5.43 Å². The van der Waals surface area contributed by atoms with Gasteiger partial charge in [-0.25, -0.2) is 0 Å². The Morgan fingerprint density at radius 1 is 1.27 bits per heavy atom. The van der Waals surface area contributed by atoms with Crippen molar-refractivity contribution in [1.29, 1.82) is 0 Å². The van der Waals surface area contributed by atoms with Gasteiger partial charge in [-0.3, -0.25) is 11.3 Å². The summed E-state index contributed by atoms with van der Waals surface area (Å²) in [7, 11) is 3.30. The normalized spacial score (nSPS) is 12.3.